The molecule has 7 heteroatoms. The van der Waals surface area contributed by atoms with Crippen molar-refractivity contribution in [1.29, 1.82) is 0 Å². The van der Waals surface area contributed by atoms with E-state index in [2.05, 4.69) is 5.10 Å². The van der Waals surface area contributed by atoms with Crippen molar-refractivity contribution < 1.29 is 13.9 Å². The summed E-state index contributed by atoms with van der Waals surface area (Å²) in [5.74, 6) is 0.228. The molecule has 3 aromatic rings. The van der Waals surface area contributed by atoms with Crippen molar-refractivity contribution >= 4 is 5.91 Å². The average molecular weight is 342 g/mol. The van der Waals surface area contributed by atoms with Gasteiger partial charge in [-0.15, -0.1) is 0 Å². The third-order valence-electron chi connectivity index (χ3n) is 3.97. The molecule has 3 rings (SSSR count). The first-order valence-electron chi connectivity index (χ1n) is 7.74. The van der Waals surface area contributed by atoms with Crippen molar-refractivity contribution in [2.45, 2.75) is 6.54 Å². The lowest BCUT2D eigenvalue weighted by Crippen LogP contribution is -2.27. The Hall–Kier alpha value is -3.09. The number of amides is 1. The highest BCUT2D eigenvalue weighted by molar-refractivity contribution is 5.96. The van der Waals surface area contributed by atoms with Gasteiger partial charge in [0.15, 0.2) is 11.6 Å². The average Bonchev–Trinajstić information content (AvgIpc) is 3.23. The van der Waals surface area contributed by atoms with Gasteiger partial charge in [0.2, 0.25) is 0 Å². The lowest BCUT2D eigenvalue weighted by atomic mass is 10.2. The number of hydrogen-bond donors (Lipinski definition) is 0. The fraction of sp³-hybridized carbons (Fsp3) is 0.222. The topological polar surface area (TPSA) is 52.3 Å². The van der Waals surface area contributed by atoms with E-state index in [4.69, 9.17) is 4.74 Å². The van der Waals surface area contributed by atoms with Crippen molar-refractivity contribution in [1.82, 2.24) is 19.2 Å². The highest BCUT2D eigenvalue weighted by Crippen LogP contribution is 2.20. The van der Waals surface area contributed by atoms with Crippen LogP contribution in [0.25, 0.3) is 5.82 Å². The number of rotatable bonds is 5. The predicted molar refractivity (Wildman–Crippen MR) is 91.3 cm³/mol. The molecule has 0 N–H and O–H groups in total. The summed E-state index contributed by atoms with van der Waals surface area (Å²) < 4.78 is 22.2. The van der Waals surface area contributed by atoms with Gasteiger partial charge in [0, 0.05) is 33.0 Å². The molecule has 0 saturated heterocycles. The van der Waals surface area contributed by atoms with Gasteiger partial charge in [-0.2, -0.15) is 5.10 Å². The molecule has 0 radical (unpaired) electrons. The monoisotopic (exact) mass is 342 g/mol. The normalized spacial score (nSPS) is 10.7. The van der Waals surface area contributed by atoms with Crippen LogP contribution in [0.15, 0.2) is 48.9 Å². The molecule has 0 spiro atoms. The van der Waals surface area contributed by atoms with Gasteiger partial charge in [-0.3, -0.25) is 9.48 Å². The number of methoxy groups -OCH3 is 1. The van der Waals surface area contributed by atoms with E-state index >= 15 is 0 Å². The molecule has 0 fully saturated rings. The summed E-state index contributed by atoms with van der Waals surface area (Å²) in [5.41, 5.74) is 1.16. The standard InChI is InChI=1S/C18H19FN4O2/c1-21(12-13-6-7-16(25-3)15(19)10-13)18(24)14-11-20-22(2)17(14)23-8-4-5-9-23/h4-11H,12H2,1-3H3. The molecule has 0 atom stereocenters. The third-order valence-corrected chi connectivity index (χ3v) is 3.97. The fourth-order valence-corrected chi connectivity index (χ4v) is 2.72. The highest BCUT2D eigenvalue weighted by atomic mass is 19.1. The Bertz CT molecular complexity index is 887. The minimum absolute atomic E-state index is 0.180. The number of carbonyl (C=O) groups is 1. The van der Waals surface area contributed by atoms with E-state index in [0.717, 1.165) is 0 Å². The van der Waals surface area contributed by atoms with Crippen LogP contribution in [0, 0.1) is 5.82 Å². The summed E-state index contributed by atoms with van der Waals surface area (Å²) in [5, 5.41) is 4.19. The summed E-state index contributed by atoms with van der Waals surface area (Å²) in [6.07, 6.45) is 5.25. The molecule has 6 nitrogen and oxygen atoms in total. The van der Waals surface area contributed by atoms with Gasteiger partial charge in [0.1, 0.15) is 11.4 Å². The number of benzene rings is 1. The smallest absolute Gasteiger partial charge is 0.259 e. The van der Waals surface area contributed by atoms with Crippen LogP contribution in [0.5, 0.6) is 5.75 Å². The van der Waals surface area contributed by atoms with E-state index in [9.17, 15) is 9.18 Å². The zero-order chi connectivity index (χ0) is 18.0. The number of carbonyl (C=O) groups excluding carboxylic acids is 1. The lowest BCUT2D eigenvalue weighted by Gasteiger charge is -2.18. The minimum Gasteiger partial charge on any atom is -0.494 e. The van der Waals surface area contributed by atoms with Gasteiger partial charge in [-0.25, -0.2) is 4.39 Å². The third kappa shape index (κ3) is 3.26. The quantitative estimate of drug-likeness (QED) is 0.716. The predicted octanol–water partition coefficient (Wildman–Crippen LogP) is 2.63. The van der Waals surface area contributed by atoms with Gasteiger partial charge in [-0.1, -0.05) is 6.07 Å². The molecule has 0 bridgehead atoms. The summed E-state index contributed by atoms with van der Waals surface area (Å²) in [4.78, 5) is 14.4. The van der Waals surface area contributed by atoms with E-state index in [1.165, 1.54) is 18.1 Å². The van der Waals surface area contributed by atoms with Gasteiger partial charge in [0.05, 0.1) is 13.3 Å². The van der Waals surface area contributed by atoms with Crippen molar-refractivity contribution in [3.05, 3.63) is 65.9 Å². The maximum absolute atomic E-state index is 13.8. The van der Waals surface area contributed by atoms with E-state index in [-0.39, 0.29) is 18.2 Å². The minimum atomic E-state index is -0.449. The first-order valence-corrected chi connectivity index (χ1v) is 7.74. The Labute approximate surface area is 145 Å². The Morgan fingerprint density at radius 3 is 2.68 bits per heavy atom. The lowest BCUT2D eigenvalue weighted by molar-refractivity contribution is 0.0785. The molecule has 2 aromatic heterocycles. The number of hydrogen-bond acceptors (Lipinski definition) is 3. The second kappa shape index (κ2) is 6.80. The van der Waals surface area contributed by atoms with E-state index in [1.807, 2.05) is 29.1 Å². The van der Waals surface area contributed by atoms with Crippen molar-refractivity contribution in [2.24, 2.45) is 7.05 Å². The maximum atomic E-state index is 13.8. The zero-order valence-corrected chi connectivity index (χ0v) is 14.3. The summed E-state index contributed by atoms with van der Waals surface area (Å²) in [7, 11) is 4.88. The number of nitrogens with zero attached hydrogens (tertiary/aromatic N) is 4. The summed E-state index contributed by atoms with van der Waals surface area (Å²) in [6.45, 7) is 0.278. The molecule has 25 heavy (non-hydrogen) atoms. The van der Waals surface area contributed by atoms with Crippen molar-refractivity contribution in [2.75, 3.05) is 14.2 Å². The molecule has 0 saturated carbocycles. The molecule has 0 aliphatic carbocycles. The van der Waals surface area contributed by atoms with Gasteiger partial charge >= 0.3 is 0 Å². The van der Waals surface area contributed by atoms with E-state index in [1.54, 1.807) is 37.1 Å². The number of aromatic nitrogens is 3. The first kappa shape index (κ1) is 16.8. The summed E-state index contributed by atoms with van der Waals surface area (Å²) in [6, 6.07) is 8.43. The number of ether oxygens (including phenoxy) is 1. The first-order chi connectivity index (χ1) is 12.0. The molecule has 1 amide bonds. The van der Waals surface area contributed by atoms with Gasteiger partial charge in [-0.05, 0) is 29.8 Å². The van der Waals surface area contributed by atoms with Crippen LogP contribution < -0.4 is 4.74 Å². The second-order valence-electron chi connectivity index (χ2n) is 5.73. The molecular formula is C18H19FN4O2. The van der Waals surface area contributed by atoms with Crippen LogP contribution in [0.1, 0.15) is 15.9 Å². The van der Waals surface area contributed by atoms with Gasteiger partial charge < -0.3 is 14.2 Å². The van der Waals surface area contributed by atoms with Crippen molar-refractivity contribution in [3.63, 3.8) is 0 Å². The van der Waals surface area contributed by atoms with Gasteiger partial charge in [0.25, 0.3) is 5.91 Å². The molecule has 130 valence electrons. The van der Waals surface area contributed by atoms with Crippen molar-refractivity contribution in [3.8, 4) is 11.6 Å². The number of aryl methyl sites for hydroxylation is 1. The van der Waals surface area contributed by atoms with Crippen LogP contribution in [0.2, 0.25) is 0 Å². The largest absolute Gasteiger partial charge is 0.494 e. The molecule has 0 unspecified atom stereocenters. The Morgan fingerprint density at radius 1 is 1.32 bits per heavy atom. The van der Waals surface area contributed by atoms with E-state index in [0.29, 0.717) is 16.9 Å². The fourth-order valence-electron chi connectivity index (χ4n) is 2.72. The molecule has 0 aliphatic rings. The second-order valence-corrected chi connectivity index (χ2v) is 5.73. The Balaban J connectivity index is 1.83. The van der Waals surface area contributed by atoms with E-state index < -0.39 is 5.82 Å². The molecule has 2 heterocycles. The number of halogens is 1. The summed E-state index contributed by atoms with van der Waals surface area (Å²) >= 11 is 0. The molecule has 0 aliphatic heterocycles. The van der Waals surface area contributed by atoms with Crippen LogP contribution in [0.4, 0.5) is 4.39 Å². The molecule has 1 aromatic carbocycles. The Morgan fingerprint density at radius 2 is 2.04 bits per heavy atom. The molecular weight excluding hydrogens is 323 g/mol. The van der Waals surface area contributed by atoms with Crippen LogP contribution in [0.3, 0.4) is 0 Å². The van der Waals surface area contributed by atoms with Crippen LogP contribution >= 0.6 is 0 Å². The maximum Gasteiger partial charge on any atom is 0.259 e. The van der Waals surface area contributed by atoms with Crippen LogP contribution in [-0.4, -0.2) is 39.3 Å². The highest BCUT2D eigenvalue weighted by Gasteiger charge is 2.21. The SMILES string of the molecule is COc1ccc(CN(C)C(=O)c2cnn(C)c2-n2cccc2)cc1F. The van der Waals surface area contributed by atoms with Crippen LogP contribution in [-0.2, 0) is 13.6 Å². The zero-order valence-electron chi connectivity index (χ0n) is 14.3. The Kier molecular flexibility index (Phi) is 4.56.